The fourth-order valence-electron chi connectivity index (χ4n) is 2.07. The number of benzene rings is 1. The molecule has 0 unspecified atom stereocenters. The van der Waals surface area contributed by atoms with E-state index in [-0.39, 0.29) is 12.1 Å². The fourth-order valence-corrected chi connectivity index (χ4v) is 2.07. The first-order valence-corrected chi connectivity index (χ1v) is 5.93. The zero-order valence-corrected chi connectivity index (χ0v) is 11.3. The van der Waals surface area contributed by atoms with Gasteiger partial charge in [0.15, 0.2) is 0 Å². The molecule has 4 nitrogen and oxygen atoms in total. The van der Waals surface area contributed by atoms with E-state index >= 15 is 0 Å². The molecule has 1 rings (SSSR count). The third-order valence-corrected chi connectivity index (χ3v) is 3.01. The first-order chi connectivity index (χ1) is 8.69. The third-order valence-electron chi connectivity index (χ3n) is 3.01. The van der Waals surface area contributed by atoms with Crippen LogP contribution in [0.15, 0.2) is 24.3 Å². The lowest BCUT2D eigenvalue weighted by Crippen LogP contribution is -2.28. The summed E-state index contributed by atoms with van der Waals surface area (Å²) in [5.41, 5.74) is 0.792. The van der Waals surface area contributed by atoms with Gasteiger partial charge in [-0.1, -0.05) is 25.1 Å². The highest BCUT2D eigenvalue weighted by atomic mass is 16.5. The number of hydrogen-bond donors (Lipinski definition) is 0. The van der Waals surface area contributed by atoms with E-state index < -0.39 is 5.92 Å². The van der Waals surface area contributed by atoms with E-state index in [1.54, 1.807) is 14.2 Å². The molecule has 0 amide bonds. The van der Waals surface area contributed by atoms with Crippen LogP contribution < -0.4 is 4.74 Å². The van der Waals surface area contributed by atoms with Crippen LogP contribution in [0, 0.1) is 0 Å². The standard InChI is InChI=1S/C14H20O4/c1-5-11(16-2)13(14(15)18-4)10-8-6-7-9-12(10)17-3/h6-9,11,13H,5H2,1-4H3/t11-,13+/m1/s1. The summed E-state index contributed by atoms with van der Waals surface area (Å²) in [5.74, 6) is -0.113. The van der Waals surface area contributed by atoms with Crippen LogP contribution in [0.3, 0.4) is 0 Å². The van der Waals surface area contributed by atoms with Crippen LogP contribution in [0.2, 0.25) is 0 Å². The summed E-state index contributed by atoms with van der Waals surface area (Å²) in [6, 6.07) is 7.43. The molecule has 2 atom stereocenters. The molecule has 100 valence electrons. The highest BCUT2D eigenvalue weighted by Gasteiger charge is 2.32. The van der Waals surface area contributed by atoms with Crippen LogP contribution in [0.25, 0.3) is 0 Å². The SMILES string of the molecule is CC[C@@H](OC)[C@@H](C(=O)OC)c1ccccc1OC. The smallest absolute Gasteiger partial charge is 0.315 e. The summed E-state index contributed by atoms with van der Waals surface area (Å²) in [7, 11) is 4.56. The van der Waals surface area contributed by atoms with Crippen molar-refractivity contribution >= 4 is 5.97 Å². The second kappa shape index (κ2) is 7.01. The van der Waals surface area contributed by atoms with Gasteiger partial charge in [0.2, 0.25) is 0 Å². The van der Waals surface area contributed by atoms with Gasteiger partial charge in [0, 0.05) is 12.7 Å². The Labute approximate surface area is 108 Å². The number of esters is 1. The van der Waals surface area contributed by atoms with E-state index in [0.717, 1.165) is 5.56 Å². The normalized spacial score (nSPS) is 13.8. The number of hydrogen-bond acceptors (Lipinski definition) is 4. The van der Waals surface area contributed by atoms with Gasteiger partial charge >= 0.3 is 5.97 Å². The molecule has 0 aromatic heterocycles. The van der Waals surface area contributed by atoms with E-state index in [2.05, 4.69) is 0 Å². The van der Waals surface area contributed by atoms with Crippen molar-refractivity contribution in [2.75, 3.05) is 21.3 Å². The number of carbonyl (C=O) groups is 1. The van der Waals surface area contributed by atoms with Crippen molar-refractivity contribution in [1.82, 2.24) is 0 Å². The molecular formula is C14H20O4. The Kier molecular flexibility index (Phi) is 5.65. The predicted octanol–water partition coefficient (Wildman–Crippen LogP) is 2.38. The molecule has 0 saturated carbocycles. The third kappa shape index (κ3) is 3.01. The molecule has 0 spiro atoms. The molecule has 1 aromatic carbocycles. The molecule has 0 heterocycles. The number of ether oxygens (including phenoxy) is 3. The summed E-state index contributed by atoms with van der Waals surface area (Å²) in [6.07, 6.45) is 0.489. The first-order valence-electron chi connectivity index (χ1n) is 5.93. The molecular weight excluding hydrogens is 232 g/mol. The molecule has 0 fully saturated rings. The van der Waals surface area contributed by atoms with E-state index in [1.807, 2.05) is 31.2 Å². The maximum atomic E-state index is 12.0. The predicted molar refractivity (Wildman–Crippen MR) is 68.8 cm³/mol. The Morgan fingerprint density at radius 2 is 1.89 bits per heavy atom. The Hall–Kier alpha value is -1.55. The average Bonchev–Trinajstić information content (AvgIpc) is 2.43. The number of methoxy groups -OCH3 is 3. The molecule has 0 aliphatic rings. The maximum absolute atomic E-state index is 12.0. The van der Waals surface area contributed by atoms with Crippen molar-refractivity contribution in [2.24, 2.45) is 0 Å². The van der Waals surface area contributed by atoms with Crippen LogP contribution in [-0.4, -0.2) is 33.4 Å². The van der Waals surface area contributed by atoms with Gasteiger partial charge in [-0.3, -0.25) is 4.79 Å². The van der Waals surface area contributed by atoms with Gasteiger partial charge in [-0.15, -0.1) is 0 Å². The topological polar surface area (TPSA) is 44.8 Å². The summed E-state index contributed by atoms with van der Waals surface area (Å²) in [4.78, 5) is 12.0. The summed E-state index contributed by atoms with van der Waals surface area (Å²) < 4.78 is 15.6. The van der Waals surface area contributed by atoms with Crippen LogP contribution in [0.4, 0.5) is 0 Å². The van der Waals surface area contributed by atoms with Crippen molar-refractivity contribution in [3.8, 4) is 5.75 Å². The minimum Gasteiger partial charge on any atom is -0.496 e. The van der Waals surface area contributed by atoms with Crippen molar-refractivity contribution in [2.45, 2.75) is 25.4 Å². The largest absolute Gasteiger partial charge is 0.496 e. The van der Waals surface area contributed by atoms with E-state index in [9.17, 15) is 4.79 Å². The molecule has 0 radical (unpaired) electrons. The molecule has 18 heavy (non-hydrogen) atoms. The Balaban J connectivity index is 3.20. The lowest BCUT2D eigenvalue weighted by atomic mass is 9.91. The van der Waals surface area contributed by atoms with E-state index in [4.69, 9.17) is 14.2 Å². The van der Waals surface area contributed by atoms with Gasteiger partial charge in [0.25, 0.3) is 0 Å². The minimum absolute atomic E-state index is 0.228. The van der Waals surface area contributed by atoms with Crippen LogP contribution >= 0.6 is 0 Å². The summed E-state index contributed by atoms with van der Waals surface area (Å²) in [5, 5.41) is 0. The first kappa shape index (κ1) is 14.5. The van der Waals surface area contributed by atoms with Gasteiger partial charge in [-0.25, -0.2) is 0 Å². The average molecular weight is 252 g/mol. The van der Waals surface area contributed by atoms with Gasteiger partial charge < -0.3 is 14.2 Å². The van der Waals surface area contributed by atoms with Gasteiger partial charge in [0.05, 0.1) is 20.3 Å². The van der Waals surface area contributed by atoms with Gasteiger partial charge in [-0.05, 0) is 12.5 Å². The van der Waals surface area contributed by atoms with Crippen LogP contribution in [-0.2, 0) is 14.3 Å². The van der Waals surface area contributed by atoms with Crippen LogP contribution in [0.5, 0.6) is 5.75 Å². The van der Waals surface area contributed by atoms with Crippen LogP contribution in [0.1, 0.15) is 24.8 Å². The highest BCUT2D eigenvalue weighted by Crippen LogP contribution is 2.32. The quantitative estimate of drug-likeness (QED) is 0.729. The zero-order chi connectivity index (χ0) is 13.5. The fraction of sp³-hybridized carbons (Fsp3) is 0.500. The molecule has 1 aromatic rings. The zero-order valence-electron chi connectivity index (χ0n) is 11.3. The van der Waals surface area contributed by atoms with Crippen molar-refractivity contribution < 1.29 is 19.0 Å². The molecule has 0 aliphatic carbocycles. The van der Waals surface area contributed by atoms with Gasteiger partial charge in [0.1, 0.15) is 11.7 Å². The lowest BCUT2D eigenvalue weighted by Gasteiger charge is -2.24. The molecule has 4 heteroatoms. The highest BCUT2D eigenvalue weighted by molar-refractivity contribution is 5.80. The molecule has 0 aliphatic heterocycles. The van der Waals surface area contributed by atoms with E-state index in [0.29, 0.717) is 12.2 Å². The Morgan fingerprint density at radius 3 is 2.39 bits per heavy atom. The summed E-state index contributed by atoms with van der Waals surface area (Å²) in [6.45, 7) is 1.97. The Bertz CT molecular complexity index is 385. The monoisotopic (exact) mass is 252 g/mol. The summed E-state index contributed by atoms with van der Waals surface area (Å²) >= 11 is 0. The number of carbonyl (C=O) groups excluding carboxylic acids is 1. The van der Waals surface area contributed by atoms with Crippen molar-refractivity contribution in [3.05, 3.63) is 29.8 Å². The molecule has 0 saturated heterocycles. The number of para-hydroxylation sites is 1. The minimum atomic E-state index is -0.471. The van der Waals surface area contributed by atoms with Crippen molar-refractivity contribution in [1.29, 1.82) is 0 Å². The van der Waals surface area contributed by atoms with Gasteiger partial charge in [-0.2, -0.15) is 0 Å². The lowest BCUT2D eigenvalue weighted by molar-refractivity contribution is -0.146. The molecule has 0 bridgehead atoms. The maximum Gasteiger partial charge on any atom is 0.315 e. The van der Waals surface area contributed by atoms with E-state index in [1.165, 1.54) is 7.11 Å². The number of rotatable bonds is 6. The second-order valence-corrected chi connectivity index (χ2v) is 3.93. The van der Waals surface area contributed by atoms with Crippen molar-refractivity contribution in [3.63, 3.8) is 0 Å². The molecule has 0 N–H and O–H groups in total. The second-order valence-electron chi connectivity index (χ2n) is 3.93. The Morgan fingerprint density at radius 1 is 1.22 bits per heavy atom.